The van der Waals surface area contributed by atoms with Crippen molar-refractivity contribution in [1.29, 1.82) is 0 Å². The molecular weight excluding hydrogens is 352 g/mol. The molecule has 0 radical (unpaired) electrons. The molecule has 1 fully saturated rings. The summed E-state index contributed by atoms with van der Waals surface area (Å²) >= 11 is 1.09. The van der Waals surface area contributed by atoms with E-state index in [4.69, 9.17) is 9.47 Å². The van der Waals surface area contributed by atoms with E-state index in [-0.39, 0.29) is 0 Å². The van der Waals surface area contributed by atoms with E-state index in [1.165, 1.54) is 5.69 Å². The summed E-state index contributed by atoms with van der Waals surface area (Å²) in [6.45, 7) is 8.87. The third-order valence-corrected chi connectivity index (χ3v) is 4.76. The van der Waals surface area contributed by atoms with Crippen LogP contribution in [-0.4, -0.2) is 53.1 Å². The van der Waals surface area contributed by atoms with Gasteiger partial charge >= 0.3 is 5.97 Å². The average Bonchev–Trinajstić information content (AvgIpc) is 3.10. The van der Waals surface area contributed by atoms with Gasteiger partial charge in [0.1, 0.15) is 0 Å². The summed E-state index contributed by atoms with van der Waals surface area (Å²) in [5, 5.41) is 0. The largest absolute Gasteiger partial charge is 0.463 e. The quantitative estimate of drug-likeness (QED) is 0.718. The molecule has 0 aliphatic carbocycles. The molecule has 3 rings (SSSR count). The van der Waals surface area contributed by atoms with Gasteiger partial charge in [0.2, 0.25) is 11.4 Å². The first-order valence-corrected chi connectivity index (χ1v) is 9.48. The lowest BCUT2D eigenvalue weighted by atomic mass is 10.1. The molecule has 1 saturated heterocycles. The van der Waals surface area contributed by atoms with E-state index in [0.717, 1.165) is 37.9 Å². The SMILES string of the molecule is CCOC(=O)C(C)(C)Oc1nsnc1N1CCN(c2ccccc2)CC1. The van der Waals surface area contributed by atoms with Crippen LogP contribution in [0.15, 0.2) is 30.3 Å². The Morgan fingerprint density at radius 3 is 2.42 bits per heavy atom. The highest BCUT2D eigenvalue weighted by molar-refractivity contribution is 6.99. The van der Waals surface area contributed by atoms with Gasteiger partial charge in [0.05, 0.1) is 18.3 Å². The minimum absolute atomic E-state index is 0.315. The average molecular weight is 376 g/mol. The number of ether oxygens (including phenoxy) is 2. The standard InChI is InChI=1S/C18H24N4O3S/c1-4-24-17(23)18(2,3)25-16-15(19-26-20-16)22-12-10-21(11-13-22)14-8-6-5-7-9-14/h5-9H,4,10-13H2,1-3H3. The van der Waals surface area contributed by atoms with Crippen LogP contribution >= 0.6 is 11.7 Å². The van der Waals surface area contributed by atoms with E-state index >= 15 is 0 Å². The maximum absolute atomic E-state index is 12.1. The van der Waals surface area contributed by atoms with Gasteiger partial charge in [0.15, 0.2) is 0 Å². The minimum atomic E-state index is -1.10. The van der Waals surface area contributed by atoms with E-state index in [9.17, 15) is 4.79 Å². The highest BCUT2D eigenvalue weighted by atomic mass is 32.1. The van der Waals surface area contributed by atoms with Gasteiger partial charge in [-0.25, -0.2) is 4.79 Å². The van der Waals surface area contributed by atoms with Crippen LogP contribution in [0.1, 0.15) is 20.8 Å². The van der Waals surface area contributed by atoms with E-state index < -0.39 is 11.6 Å². The number of para-hydroxylation sites is 1. The van der Waals surface area contributed by atoms with Gasteiger partial charge in [-0.15, -0.1) is 4.37 Å². The molecule has 0 spiro atoms. The molecule has 0 saturated carbocycles. The topological polar surface area (TPSA) is 67.8 Å². The van der Waals surface area contributed by atoms with Crippen LogP contribution in [0.2, 0.25) is 0 Å². The fourth-order valence-electron chi connectivity index (χ4n) is 2.84. The lowest BCUT2D eigenvalue weighted by Gasteiger charge is -2.36. The van der Waals surface area contributed by atoms with Gasteiger partial charge in [-0.3, -0.25) is 0 Å². The molecule has 0 N–H and O–H groups in total. The number of anilines is 2. The Kier molecular flexibility index (Phi) is 5.61. The van der Waals surface area contributed by atoms with Crippen LogP contribution in [0.3, 0.4) is 0 Å². The third kappa shape index (κ3) is 4.07. The Balaban J connectivity index is 1.65. The number of esters is 1. The van der Waals surface area contributed by atoms with Crippen molar-refractivity contribution in [2.24, 2.45) is 0 Å². The highest BCUT2D eigenvalue weighted by Crippen LogP contribution is 2.30. The second-order valence-corrected chi connectivity index (χ2v) is 7.06. The number of carbonyl (C=O) groups excluding carboxylic acids is 1. The van der Waals surface area contributed by atoms with Gasteiger partial charge < -0.3 is 19.3 Å². The number of hydrogen-bond acceptors (Lipinski definition) is 8. The van der Waals surface area contributed by atoms with E-state index in [1.807, 2.05) is 6.07 Å². The molecule has 140 valence electrons. The van der Waals surface area contributed by atoms with Gasteiger partial charge in [0.25, 0.3) is 5.88 Å². The molecule has 26 heavy (non-hydrogen) atoms. The molecular formula is C18H24N4O3S. The first kappa shape index (κ1) is 18.4. The highest BCUT2D eigenvalue weighted by Gasteiger charge is 2.34. The number of benzene rings is 1. The number of piperazine rings is 1. The van der Waals surface area contributed by atoms with Crippen LogP contribution < -0.4 is 14.5 Å². The summed E-state index contributed by atoms with van der Waals surface area (Å²) in [5.41, 5.74) is 0.121. The van der Waals surface area contributed by atoms with Crippen molar-refractivity contribution < 1.29 is 14.3 Å². The van der Waals surface area contributed by atoms with Crippen molar-refractivity contribution in [1.82, 2.24) is 8.75 Å². The minimum Gasteiger partial charge on any atom is -0.463 e. The number of hydrogen-bond donors (Lipinski definition) is 0. The summed E-state index contributed by atoms with van der Waals surface area (Å²) < 4.78 is 19.6. The van der Waals surface area contributed by atoms with Crippen molar-refractivity contribution in [3.05, 3.63) is 30.3 Å². The Morgan fingerprint density at radius 1 is 1.12 bits per heavy atom. The number of aromatic nitrogens is 2. The monoisotopic (exact) mass is 376 g/mol. The zero-order chi connectivity index (χ0) is 18.6. The van der Waals surface area contributed by atoms with Crippen molar-refractivity contribution in [2.45, 2.75) is 26.4 Å². The molecule has 1 aliphatic heterocycles. The Morgan fingerprint density at radius 2 is 1.77 bits per heavy atom. The van der Waals surface area contributed by atoms with Gasteiger partial charge in [0, 0.05) is 31.9 Å². The molecule has 0 atom stereocenters. The van der Waals surface area contributed by atoms with Crippen LogP contribution in [0.5, 0.6) is 5.88 Å². The van der Waals surface area contributed by atoms with Gasteiger partial charge in [-0.1, -0.05) is 18.2 Å². The van der Waals surface area contributed by atoms with E-state index in [2.05, 4.69) is 42.8 Å². The fraction of sp³-hybridized carbons (Fsp3) is 0.500. The summed E-state index contributed by atoms with van der Waals surface area (Å²) in [6, 6.07) is 10.4. The summed E-state index contributed by atoms with van der Waals surface area (Å²) in [5.74, 6) is 0.675. The number of carbonyl (C=O) groups is 1. The lowest BCUT2D eigenvalue weighted by Crippen LogP contribution is -2.47. The molecule has 2 heterocycles. The Bertz CT molecular complexity index is 727. The molecule has 8 heteroatoms. The maximum atomic E-state index is 12.1. The van der Waals surface area contributed by atoms with Crippen LogP contribution in [0.25, 0.3) is 0 Å². The Hall–Kier alpha value is -2.35. The third-order valence-electron chi connectivity index (χ3n) is 4.26. The predicted molar refractivity (Wildman–Crippen MR) is 102 cm³/mol. The maximum Gasteiger partial charge on any atom is 0.349 e. The zero-order valence-corrected chi connectivity index (χ0v) is 16.2. The Labute approximate surface area is 157 Å². The molecule has 1 aromatic carbocycles. The molecule has 7 nitrogen and oxygen atoms in total. The van der Waals surface area contributed by atoms with Crippen LogP contribution in [0, 0.1) is 0 Å². The lowest BCUT2D eigenvalue weighted by molar-refractivity contribution is -0.158. The molecule has 0 unspecified atom stereocenters. The first-order chi connectivity index (χ1) is 12.5. The van der Waals surface area contributed by atoms with E-state index in [0.29, 0.717) is 18.3 Å². The molecule has 0 bridgehead atoms. The van der Waals surface area contributed by atoms with Crippen LogP contribution in [-0.2, 0) is 9.53 Å². The fourth-order valence-corrected chi connectivity index (χ4v) is 3.34. The van der Waals surface area contributed by atoms with Crippen molar-refractivity contribution in [2.75, 3.05) is 42.6 Å². The number of rotatable bonds is 6. The summed E-state index contributed by atoms with van der Waals surface area (Å²) in [6.07, 6.45) is 0. The zero-order valence-electron chi connectivity index (χ0n) is 15.3. The molecule has 1 aromatic heterocycles. The first-order valence-electron chi connectivity index (χ1n) is 8.75. The second-order valence-electron chi connectivity index (χ2n) is 6.54. The van der Waals surface area contributed by atoms with Crippen LogP contribution in [0.4, 0.5) is 11.5 Å². The van der Waals surface area contributed by atoms with E-state index in [1.54, 1.807) is 20.8 Å². The van der Waals surface area contributed by atoms with Crippen molar-refractivity contribution in [3.63, 3.8) is 0 Å². The normalized spacial score (nSPS) is 15.0. The summed E-state index contributed by atoms with van der Waals surface area (Å²) in [4.78, 5) is 16.6. The molecule has 2 aromatic rings. The van der Waals surface area contributed by atoms with Gasteiger partial charge in [-0.05, 0) is 32.9 Å². The molecule has 1 aliphatic rings. The predicted octanol–water partition coefficient (Wildman–Crippen LogP) is 2.59. The smallest absolute Gasteiger partial charge is 0.349 e. The van der Waals surface area contributed by atoms with Crippen molar-refractivity contribution in [3.8, 4) is 5.88 Å². The second kappa shape index (κ2) is 7.90. The number of nitrogens with zero attached hydrogens (tertiary/aromatic N) is 4. The summed E-state index contributed by atoms with van der Waals surface area (Å²) in [7, 11) is 0. The van der Waals surface area contributed by atoms with Crippen molar-refractivity contribution >= 4 is 29.2 Å². The van der Waals surface area contributed by atoms with Gasteiger partial charge in [-0.2, -0.15) is 4.37 Å². The molecule has 0 amide bonds.